The molecule has 0 spiro atoms. The highest BCUT2D eigenvalue weighted by Gasteiger charge is 2.30. The predicted molar refractivity (Wildman–Crippen MR) is 97.3 cm³/mol. The van der Waals surface area contributed by atoms with Crippen molar-refractivity contribution in [1.82, 2.24) is 9.88 Å². The summed E-state index contributed by atoms with van der Waals surface area (Å²) < 4.78 is 38.1. The molecule has 1 aliphatic rings. The van der Waals surface area contributed by atoms with Gasteiger partial charge in [-0.25, -0.2) is 0 Å². The number of carbonyl (C=O) groups excluding carboxylic acids is 1. The first-order valence-corrected chi connectivity index (χ1v) is 9.13. The molecule has 7 heteroatoms. The molecule has 0 saturated carbocycles. The molecule has 4 nitrogen and oxygen atoms in total. The van der Waals surface area contributed by atoms with E-state index < -0.39 is 11.7 Å². The van der Waals surface area contributed by atoms with Crippen molar-refractivity contribution in [3.63, 3.8) is 0 Å². The Hall–Kier alpha value is -2.88. The summed E-state index contributed by atoms with van der Waals surface area (Å²) in [5.74, 6) is -0.0583. The van der Waals surface area contributed by atoms with Gasteiger partial charge < -0.3 is 4.90 Å². The average molecular weight is 387 g/mol. The summed E-state index contributed by atoms with van der Waals surface area (Å²) in [5.41, 5.74) is 1.74. The molecule has 1 unspecified atom stereocenters. The first-order chi connectivity index (χ1) is 13.4. The number of halogens is 3. The fourth-order valence-electron chi connectivity index (χ4n) is 3.47. The maximum Gasteiger partial charge on any atom is 0.416 e. The highest BCUT2D eigenvalue weighted by atomic mass is 19.4. The van der Waals surface area contributed by atoms with E-state index >= 15 is 0 Å². The molecule has 0 radical (unpaired) electrons. The second-order valence-electron chi connectivity index (χ2n) is 6.94. The number of piperidine rings is 1. The molecular formula is C21H20F3N3O. The first kappa shape index (κ1) is 19.9. The largest absolute Gasteiger partial charge is 0.416 e. The number of carbonyl (C=O) groups is 1. The highest BCUT2D eigenvalue weighted by Crippen LogP contribution is 2.30. The normalized spacial score (nSPS) is 17.2. The van der Waals surface area contributed by atoms with Crippen LogP contribution in [0.5, 0.6) is 0 Å². The van der Waals surface area contributed by atoms with Crippen molar-refractivity contribution in [3.8, 4) is 6.07 Å². The summed E-state index contributed by atoms with van der Waals surface area (Å²) in [5, 5.41) is 8.72. The zero-order chi connectivity index (χ0) is 20.1. The molecule has 146 valence electrons. The van der Waals surface area contributed by atoms with Crippen LogP contribution in [0, 0.1) is 11.3 Å². The van der Waals surface area contributed by atoms with Gasteiger partial charge in [0.25, 0.3) is 0 Å². The van der Waals surface area contributed by atoms with E-state index in [4.69, 9.17) is 5.26 Å². The lowest BCUT2D eigenvalue weighted by Gasteiger charge is -2.32. The third-order valence-electron chi connectivity index (χ3n) is 4.92. The van der Waals surface area contributed by atoms with E-state index in [2.05, 4.69) is 4.98 Å². The Morgan fingerprint density at radius 3 is 2.64 bits per heavy atom. The van der Waals surface area contributed by atoms with Gasteiger partial charge in [-0.1, -0.05) is 18.2 Å². The number of hydrogen-bond donors (Lipinski definition) is 0. The van der Waals surface area contributed by atoms with Crippen molar-refractivity contribution in [2.45, 2.75) is 37.8 Å². The zero-order valence-corrected chi connectivity index (χ0v) is 15.2. The average Bonchev–Trinajstić information content (AvgIpc) is 2.68. The van der Waals surface area contributed by atoms with Gasteiger partial charge in [0.2, 0.25) is 5.91 Å². The van der Waals surface area contributed by atoms with E-state index in [9.17, 15) is 18.0 Å². The van der Waals surface area contributed by atoms with Gasteiger partial charge >= 0.3 is 6.18 Å². The molecule has 28 heavy (non-hydrogen) atoms. The molecule has 2 heterocycles. The van der Waals surface area contributed by atoms with E-state index in [1.165, 1.54) is 12.1 Å². The Morgan fingerprint density at radius 2 is 1.96 bits per heavy atom. The minimum absolute atomic E-state index is 0.101. The van der Waals surface area contributed by atoms with Crippen molar-refractivity contribution in [2.75, 3.05) is 13.1 Å². The molecule has 1 aliphatic heterocycles. The molecule has 0 bridgehead atoms. The summed E-state index contributed by atoms with van der Waals surface area (Å²) in [7, 11) is 0. The number of aromatic nitrogens is 1. The molecule has 1 amide bonds. The minimum Gasteiger partial charge on any atom is -0.341 e. The second kappa shape index (κ2) is 8.42. The zero-order valence-electron chi connectivity index (χ0n) is 15.2. The number of rotatable bonds is 4. The van der Waals surface area contributed by atoms with Gasteiger partial charge in [-0.2, -0.15) is 18.4 Å². The van der Waals surface area contributed by atoms with Crippen LogP contribution in [0.15, 0.2) is 42.5 Å². The number of amides is 1. The van der Waals surface area contributed by atoms with Crippen LogP contribution >= 0.6 is 0 Å². The van der Waals surface area contributed by atoms with Crippen LogP contribution in [0.25, 0.3) is 0 Å². The van der Waals surface area contributed by atoms with Gasteiger partial charge in [-0.05, 0) is 42.7 Å². The maximum absolute atomic E-state index is 12.7. The topological polar surface area (TPSA) is 57.0 Å². The Labute approximate surface area is 161 Å². The standard InChI is InChI=1S/C21H20F3N3O/c22-21(23,24)17-8-6-15(7-9-17)13-18-4-1-5-19(26-18)16-3-2-12-27(14-16)20(28)10-11-25/h1,4-9,16H,2-3,10,12-14H2. The number of nitrogens with zero attached hydrogens (tertiary/aromatic N) is 3. The van der Waals surface area contributed by atoms with Gasteiger partial charge in [0.15, 0.2) is 0 Å². The van der Waals surface area contributed by atoms with Crippen LogP contribution in [0.2, 0.25) is 0 Å². The van der Waals surface area contributed by atoms with Gasteiger partial charge in [-0.3, -0.25) is 9.78 Å². The first-order valence-electron chi connectivity index (χ1n) is 9.13. The van der Waals surface area contributed by atoms with E-state index in [-0.39, 0.29) is 18.2 Å². The van der Waals surface area contributed by atoms with E-state index in [0.29, 0.717) is 19.5 Å². The van der Waals surface area contributed by atoms with Crippen LogP contribution in [0.4, 0.5) is 13.2 Å². The maximum atomic E-state index is 12.7. The smallest absolute Gasteiger partial charge is 0.341 e. The number of benzene rings is 1. The summed E-state index contributed by atoms with van der Waals surface area (Å²) in [6, 6.07) is 12.7. The van der Waals surface area contributed by atoms with Crippen LogP contribution in [0.1, 0.15) is 47.7 Å². The van der Waals surface area contributed by atoms with E-state index in [1.807, 2.05) is 24.3 Å². The lowest BCUT2D eigenvalue weighted by Crippen LogP contribution is -2.39. The molecular weight excluding hydrogens is 367 g/mol. The lowest BCUT2D eigenvalue weighted by molar-refractivity contribution is -0.137. The fourth-order valence-corrected chi connectivity index (χ4v) is 3.47. The van der Waals surface area contributed by atoms with E-state index in [0.717, 1.165) is 41.9 Å². The number of hydrogen-bond acceptors (Lipinski definition) is 3. The quantitative estimate of drug-likeness (QED) is 0.786. The third kappa shape index (κ3) is 4.89. The molecule has 0 N–H and O–H groups in total. The van der Waals surface area contributed by atoms with Gasteiger partial charge in [0.05, 0.1) is 11.6 Å². The van der Waals surface area contributed by atoms with Crippen LogP contribution in [-0.2, 0) is 17.4 Å². The number of alkyl halides is 3. The molecule has 0 aliphatic carbocycles. The molecule has 1 atom stereocenters. The molecule has 1 aromatic heterocycles. The van der Waals surface area contributed by atoms with Crippen LogP contribution < -0.4 is 0 Å². The van der Waals surface area contributed by atoms with E-state index in [1.54, 1.807) is 4.90 Å². The summed E-state index contributed by atoms with van der Waals surface area (Å²) >= 11 is 0. The Kier molecular flexibility index (Phi) is 5.98. The monoisotopic (exact) mass is 387 g/mol. The Morgan fingerprint density at radius 1 is 1.21 bits per heavy atom. The highest BCUT2D eigenvalue weighted by molar-refractivity contribution is 5.78. The number of pyridine rings is 1. The number of nitriles is 1. The van der Waals surface area contributed by atoms with Gasteiger partial charge in [0.1, 0.15) is 6.42 Å². The second-order valence-corrected chi connectivity index (χ2v) is 6.94. The molecule has 1 aromatic carbocycles. The van der Waals surface area contributed by atoms with Crippen molar-refractivity contribution < 1.29 is 18.0 Å². The fraction of sp³-hybridized carbons (Fsp3) is 0.381. The molecule has 2 aromatic rings. The Bertz CT molecular complexity index is 872. The summed E-state index contributed by atoms with van der Waals surface area (Å²) in [6.07, 6.45) is -2.25. The minimum atomic E-state index is -4.34. The van der Waals surface area contributed by atoms with Crippen LogP contribution in [0.3, 0.4) is 0 Å². The predicted octanol–water partition coefficient (Wildman–Crippen LogP) is 4.31. The van der Waals surface area contributed by atoms with Crippen molar-refractivity contribution in [2.24, 2.45) is 0 Å². The Balaban J connectivity index is 1.70. The van der Waals surface area contributed by atoms with Gasteiger partial charge in [0, 0.05) is 36.8 Å². The molecule has 1 fully saturated rings. The van der Waals surface area contributed by atoms with Crippen molar-refractivity contribution >= 4 is 5.91 Å². The summed E-state index contributed by atoms with van der Waals surface area (Å²) in [6.45, 7) is 1.19. The lowest BCUT2D eigenvalue weighted by atomic mass is 9.93. The van der Waals surface area contributed by atoms with Gasteiger partial charge in [-0.15, -0.1) is 0 Å². The van der Waals surface area contributed by atoms with Crippen LogP contribution in [-0.4, -0.2) is 28.9 Å². The van der Waals surface area contributed by atoms with Crippen molar-refractivity contribution in [1.29, 1.82) is 5.26 Å². The summed E-state index contributed by atoms with van der Waals surface area (Å²) in [4.78, 5) is 18.4. The SMILES string of the molecule is N#CCC(=O)N1CCCC(c2cccc(Cc3ccc(C(F)(F)F)cc3)n2)C1. The molecule has 1 saturated heterocycles. The molecule has 3 rings (SSSR count). The van der Waals surface area contributed by atoms with Crippen molar-refractivity contribution in [3.05, 3.63) is 65.0 Å². The third-order valence-corrected chi connectivity index (χ3v) is 4.92. The number of likely N-dealkylation sites (tertiary alicyclic amines) is 1.